The van der Waals surface area contributed by atoms with E-state index < -0.39 is 0 Å². The van der Waals surface area contributed by atoms with Crippen molar-refractivity contribution < 1.29 is 0 Å². The number of rotatable bonds is 4. The van der Waals surface area contributed by atoms with Gasteiger partial charge in [-0.05, 0) is 36.0 Å². The molecule has 1 unspecified atom stereocenters. The highest BCUT2D eigenvalue weighted by atomic mass is 14.7. The molecule has 20 heavy (non-hydrogen) atoms. The van der Waals surface area contributed by atoms with Crippen LogP contribution in [0.1, 0.15) is 48.9 Å². The number of nitrogens with two attached hydrogens (primary N) is 1. The fourth-order valence-electron chi connectivity index (χ4n) is 3.39. The Morgan fingerprint density at radius 2 is 1.65 bits per heavy atom. The van der Waals surface area contributed by atoms with Gasteiger partial charge in [0.2, 0.25) is 0 Å². The van der Waals surface area contributed by atoms with Gasteiger partial charge in [0.25, 0.3) is 0 Å². The van der Waals surface area contributed by atoms with Crippen LogP contribution in [0.2, 0.25) is 0 Å². The lowest BCUT2D eigenvalue weighted by atomic mass is 9.59. The maximum Gasteiger partial charge on any atom is 0.0393 e. The van der Waals surface area contributed by atoms with Gasteiger partial charge in [-0.2, -0.15) is 0 Å². The SMILES string of the molecule is CCc1ccc(C(N)C2(c3ccccc3)CCC2)cc1. The zero-order valence-electron chi connectivity index (χ0n) is 12.2. The van der Waals surface area contributed by atoms with Crippen LogP contribution in [-0.4, -0.2) is 0 Å². The Bertz CT molecular complexity index is 552. The first-order valence-electron chi connectivity index (χ1n) is 7.66. The third-order valence-corrected chi connectivity index (χ3v) is 4.94. The zero-order valence-corrected chi connectivity index (χ0v) is 12.2. The van der Waals surface area contributed by atoms with Gasteiger partial charge in [0.1, 0.15) is 0 Å². The number of hydrogen-bond acceptors (Lipinski definition) is 1. The van der Waals surface area contributed by atoms with Crippen molar-refractivity contribution in [2.24, 2.45) is 5.73 Å². The van der Waals surface area contributed by atoms with E-state index in [2.05, 4.69) is 61.5 Å². The topological polar surface area (TPSA) is 26.0 Å². The van der Waals surface area contributed by atoms with Crippen LogP contribution in [0.3, 0.4) is 0 Å². The molecule has 0 spiro atoms. The summed E-state index contributed by atoms with van der Waals surface area (Å²) in [6.07, 6.45) is 4.77. The molecule has 0 heterocycles. The molecule has 0 aromatic heterocycles. The molecular weight excluding hydrogens is 242 g/mol. The van der Waals surface area contributed by atoms with Gasteiger partial charge in [0, 0.05) is 11.5 Å². The first-order chi connectivity index (χ1) is 9.76. The summed E-state index contributed by atoms with van der Waals surface area (Å²) in [4.78, 5) is 0. The van der Waals surface area contributed by atoms with E-state index in [1.165, 1.54) is 36.0 Å². The Kier molecular flexibility index (Phi) is 3.62. The van der Waals surface area contributed by atoms with Gasteiger partial charge in [-0.25, -0.2) is 0 Å². The van der Waals surface area contributed by atoms with Gasteiger partial charge in [-0.15, -0.1) is 0 Å². The summed E-state index contributed by atoms with van der Waals surface area (Å²) in [5, 5.41) is 0. The summed E-state index contributed by atoms with van der Waals surface area (Å²) in [5.41, 5.74) is 10.9. The molecule has 2 aromatic rings. The van der Waals surface area contributed by atoms with Gasteiger partial charge >= 0.3 is 0 Å². The molecular formula is C19H23N. The minimum Gasteiger partial charge on any atom is -0.323 e. The van der Waals surface area contributed by atoms with Crippen LogP contribution in [0.15, 0.2) is 54.6 Å². The largest absolute Gasteiger partial charge is 0.323 e. The molecule has 1 nitrogen and oxygen atoms in total. The van der Waals surface area contributed by atoms with Gasteiger partial charge in [0.15, 0.2) is 0 Å². The highest BCUT2D eigenvalue weighted by Crippen LogP contribution is 2.51. The summed E-state index contributed by atoms with van der Waals surface area (Å²) in [6.45, 7) is 2.19. The minimum atomic E-state index is 0.101. The number of benzene rings is 2. The van der Waals surface area contributed by atoms with Gasteiger partial charge in [-0.1, -0.05) is 67.9 Å². The lowest BCUT2D eigenvalue weighted by molar-refractivity contribution is 0.196. The fraction of sp³-hybridized carbons (Fsp3) is 0.368. The second-order valence-electron chi connectivity index (χ2n) is 5.95. The molecule has 1 aliphatic rings. The van der Waals surface area contributed by atoms with Crippen LogP contribution in [0.5, 0.6) is 0 Å². The standard InChI is InChI=1S/C19H23N/c1-2-15-9-11-16(12-10-15)18(20)19(13-6-14-19)17-7-4-3-5-8-17/h3-5,7-12,18H,2,6,13-14,20H2,1H3. The molecule has 2 aromatic carbocycles. The van der Waals surface area contributed by atoms with Crippen LogP contribution >= 0.6 is 0 Å². The van der Waals surface area contributed by atoms with Crippen molar-refractivity contribution in [3.63, 3.8) is 0 Å². The maximum absolute atomic E-state index is 6.66. The minimum absolute atomic E-state index is 0.101. The van der Waals surface area contributed by atoms with Gasteiger partial charge in [-0.3, -0.25) is 0 Å². The van der Waals surface area contributed by atoms with E-state index in [-0.39, 0.29) is 11.5 Å². The van der Waals surface area contributed by atoms with Crippen LogP contribution in [-0.2, 0) is 11.8 Å². The Morgan fingerprint density at radius 1 is 1.00 bits per heavy atom. The predicted molar refractivity (Wildman–Crippen MR) is 84.7 cm³/mol. The van der Waals surface area contributed by atoms with E-state index in [9.17, 15) is 0 Å². The quantitative estimate of drug-likeness (QED) is 0.872. The third kappa shape index (κ3) is 2.16. The molecule has 104 valence electrons. The lowest BCUT2D eigenvalue weighted by Crippen LogP contribution is -2.44. The molecule has 0 amide bonds. The van der Waals surface area contributed by atoms with Gasteiger partial charge in [0.05, 0.1) is 0 Å². The van der Waals surface area contributed by atoms with Gasteiger partial charge < -0.3 is 5.73 Å². The average molecular weight is 265 g/mol. The molecule has 1 saturated carbocycles. The summed E-state index contributed by atoms with van der Waals surface area (Å²) < 4.78 is 0. The molecule has 3 rings (SSSR count). The Hall–Kier alpha value is -1.60. The third-order valence-electron chi connectivity index (χ3n) is 4.94. The van der Waals surface area contributed by atoms with Crippen molar-refractivity contribution >= 4 is 0 Å². The Balaban J connectivity index is 1.92. The van der Waals surface area contributed by atoms with E-state index >= 15 is 0 Å². The van der Waals surface area contributed by atoms with E-state index in [0.717, 1.165) is 6.42 Å². The second-order valence-corrected chi connectivity index (χ2v) is 5.95. The van der Waals surface area contributed by atoms with Crippen LogP contribution in [0.25, 0.3) is 0 Å². The molecule has 1 atom stereocenters. The molecule has 1 fully saturated rings. The molecule has 0 bridgehead atoms. The second kappa shape index (κ2) is 5.41. The fourth-order valence-corrected chi connectivity index (χ4v) is 3.39. The van der Waals surface area contributed by atoms with E-state index in [0.29, 0.717) is 0 Å². The zero-order chi connectivity index (χ0) is 14.0. The molecule has 2 N–H and O–H groups in total. The monoisotopic (exact) mass is 265 g/mol. The Morgan fingerprint density at radius 3 is 2.15 bits per heavy atom. The van der Waals surface area contributed by atoms with E-state index in [1.807, 2.05) is 0 Å². The van der Waals surface area contributed by atoms with Crippen molar-refractivity contribution in [3.8, 4) is 0 Å². The molecule has 0 saturated heterocycles. The lowest BCUT2D eigenvalue weighted by Gasteiger charge is -2.47. The van der Waals surface area contributed by atoms with Crippen molar-refractivity contribution in [1.29, 1.82) is 0 Å². The van der Waals surface area contributed by atoms with Crippen molar-refractivity contribution in [1.82, 2.24) is 0 Å². The Labute approximate surface area is 121 Å². The summed E-state index contributed by atoms with van der Waals surface area (Å²) >= 11 is 0. The molecule has 1 heteroatoms. The van der Waals surface area contributed by atoms with Crippen LogP contribution in [0, 0.1) is 0 Å². The highest BCUT2D eigenvalue weighted by Gasteiger charge is 2.44. The van der Waals surface area contributed by atoms with E-state index in [1.54, 1.807) is 0 Å². The first kappa shape index (κ1) is 13.4. The van der Waals surface area contributed by atoms with Crippen molar-refractivity contribution in [3.05, 3.63) is 71.3 Å². The van der Waals surface area contributed by atoms with Crippen LogP contribution < -0.4 is 5.73 Å². The molecule has 0 radical (unpaired) electrons. The average Bonchev–Trinajstić information content (AvgIpc) is 2.47. The smallest absolute Gasteiger partial charge is 0.0393 e. The van der Waals surface area contributed by atoms with Crippen LogP contribution in [0.4, 0.5) is 0 Å². The first-order valence-corrected chi connectivity index (χ1v) is 7.66. The highest BCUT2D eigenvalue weighted by molar-refractivity contribution is 5.36. The summed E-state index contributed by atoms with van der Waals surface area (Å²) in [7, 11) is 0. The van der Waals surface area contributed by atoms with E-state index in [4.69, 9.17) is 5.73 Å². The summed E-state index contributed by atoms with van der Waals surface area (Å²) in [6, 6.07) is 19.8. The van der Waals surface area contributed by atoms with Crippen molar-refractivity contribution in [2.75, 3.05) is 0 Å². The molecule has 1 aliphatic carbocycles. The summed E-state index contributed by atoms with van der Waals surface area (Å²) in [5.74, 6) is 0. The number of hydrogen-bond donors (Lipinski definition) is 1. The predicted octanol–water partition coefficient (Wildman–Crippen LogP) is 4.37. The normalized spacial score (nSPS) is 18.3. The van der Waals surface area contributed by atoms with Crippen molar-refractivity contribution in [2.45, 2.75) is 44.1 Å². The maximum atomic E-state index is 6.66. The number of aryl methyl sites for hydroxylation is 1. The molecule has 0 aliphatic heterocycles.